The molecule has 1 amide bonds. The van der Waals surface area contributed by atoms with Gasteiger partial charge in [-0.2, -0.15) is 0 Å². The summed E-state index contributed by atoms with van der Waals surface area (Å²) in [4.78, 5) is 22.3. The van der Waals surface area contributed by atoms with Crippen molar-refractivity contribution < 1.29 is 24.5 Å². The number of hydrogen-bond acceptors (Lipinski definition) is 4. The molecule has 110 valence electrons. The van der Waals surface area contributed by atoms with Gasteiger partial charge < -0.3 is 20.3 Å². The smallest absolute Gasteiger partial charge is 0.326 e. The Morgan fingerprint density at radius 2 is 2.05 bits per heavy atom. The largest absolute Gasteiger partial charge is 0.482 e. The molecular weight excluding hydrogens is 309 g/mol. The molecule has 1 atom stereocenters. The molecule has 0 saturated heterocycles. The van der Waals surface area contributed by atoms with Gasteiger partial charge in [0.1, 0.15) is 11.8 Å². The first kappa shape index (κ1) is 16.6. The number of nitrogens with one attached hydrogen (secondary N) is 1. The van der Waals surface area contributed by atoms with Gasteiger partial charge in [-0.1, -0.05) is 23.2 Å². The van der Waals surface area contributed by atoms with Gasteiger partial charge in [0.05, 0.1) is 5.02 Å². The monoisotopic (exact) mass is 321 g/mol. The maximum atomic E-state index is 11.5. The fourth-order valence-corrected chi connectivity index (χ4v) is 1.69. The van der Waals surface area contributed by atoms with Crippen molar-refractivity contribution in [2.75, 3.05) is 13.2 Å². The van der Waals surface area contributed by atoms with E-state index in [1.807, 2.05) is 0 Å². The third kappa shape index (κ3) is 5.24. The zero-order chi connectivity index (χ0) is 15.1. The number of aliphatic hydroxyl groups excluding tert-OH is 1. The first-order valence-electron chi connectivity index (χ1n) is 5.65. The number of carboxylic acid groups (broad SMARTS) is 1. The molecule has 3 N–H and O–H groups in total. The SMILES string of the molecule is O=C(COc1cc(Cl)ccc1Cl)N[C@@H](CCO)C(=O)O. The van der Waals surface area contributed by atoms with Crippen molar-refractivity contribution in [3.05, 3.63) is 28.2 Å². The van der Waals surface area contributed by atoms with E-state index in [1.165, 1.54) is 12.1 Å². The molecule has 0 aromatic heterocycles. The van der Waals surface area contributed by atoms with Crippen molar-refractivity contribution in [2.45, 2.75) is 12.5 Å². The predicted octanol–water partition coefficient (Wildman–Crippen LogP) is 1.32. The van der Waals surface area contributed by atoms with E-state index in [9.17, 15) is 9.59 Å². The van der Waals surface area contributed by atoms with Crippen LogP contribution < -0.4 is 10.1 Å². The molecule has 0 bridgehead atoms. The van der Waals surface area contributed by atoms with Gasteiger partial charge in [0.15, 0.2) is 6.61 Å². The van der Waals surface area contributed by atoms with Crippen molar-refractivity contribution in [1.29, 1.82) is 0 Å². The summed E-state index contributed by atoms with van der Waals surface area (Å²) in [7, 11) is 0. The maximum Gasteiger partial charge on any atom is 0.326 e. The van der Waals surface area contributed by atoms with Crippen LogP contribution in [0.15, 0.2) is 18.2 Å². The predicted molar refractivity (Wildman–Crippen MR) is 73.2 cm³/mol. The van der Waals surface area contributed by atoms with Crippen LogP contribution in [0.3, 0.4) is 0 Å². The van der Waals surface area contributed by atoms with E-state index in [-0.39, 0.29) is 23.8 Å². The first-order chi connectivity index (χ1) is 9.43. The minimum Gasteiger partial charge on any atom is -0.482 e. The van der Waals surface area contributed by atoms with Gasteiger partial charge in [-0.05, 0) is 12.1 Å². The lowest BCUT2D eigenvalue weighted by molar-refractivity contribution is -0.142. The van der Waals surface area contributed by atoms with Gasteiger partial charge in [-0.15, -0.1) is 0 Å². The number of amides is 1. The zero-order valence-electron chi connectivity index (χ0n) is 10.3. The van der Waals surface area contributed by atoms with E-state index in [1.54, 1.807) is 6.07 Å². The molecule has 0 spiro atoms. The second-order valence-corrected chi connectivity index (χ2v) is 4.68. The number of aliphatic carboxylic acids is 1. The van der Waals surface area contributed by atoms with Crippen LogP contribution in [0.5, 0.6) is 5.75 Å². The van der Waals surface area contributed by atoms with Crippen LogP contribution >= 0.6 is 23.2 Å². The lowest BCUT2D eigenvalue weighted by Crippen LogP contribution is -2.43. The average Bonchev–Trinajstić information content (AvgIpc) is 2.39. The summed E-state index contributed by atoms with van der Waals surface area (Å²) < 4.78 is 5.15. The summed E-state index contributed by atoms with van der Waals surface area (Å²) in [6.45, 7) is -0.756. The van der Waals surface area contributed by atoms with Gasteiger partial charge in [-0.25, -0.2) is 4.79 Å². The Bertz CT molecular complexity index is 495. The van der Waals surface area contributed by atoms with Crippen molar-refractivity contribution in [2.24, 2.45) is 0 Å². The number of aliphatic hydroxyl groups is 1. The van der Waals surface area contributed by atoms with E-state index < -0.39 is 24.5 Å². The third-order valence-corrected chi connectivity index (χ3v) is 2.85. The highest BCUT2D eigenvalue weighted by Gasteiger charge is 2.19. The topological polar surface area (TPSA) is 95.9 Å². The Morgan fingerprint density at radius 1 is 1.35 bits per heavy atom. The van der Waals surface area contributed by atoms with Gasteiger partial charge in [-0.3, -0.25) is 4.79 Å². The summed E-state index contributed by atoms with van der Waals surface area (Å²) in [5.41, 5.74) is 0. The van der Waals surface area contributed by atoms with E-state index in [0.717, 1.165) is 0 Å². The van der Waals surface area contributed by atoms with Crippen LogP contribution in [0.25, 0.3) is 0 Å². The Hall–Kier alpha value is -1.50. The first-order valence-corrected chi connectivity index (χ1v) is 6.40. The molecule has 1 aromatic rings. The quantitative estimate of drug-likeness (QED) is 0.704. The summed E-state index contributed by atoms with van der Waals surface area (Å²) in [6.07, 6.45) is -0.0843. The molecule has 0 fully saturated rings. The molecule has 0 saturated carbocycles. The fraction of sp³-hybridized carbons (Fsp3) is 0.333. The Kier molecular flexibility index (Phi) is 6.57. The maximum absolute atomic E-state index is 11.5. The summed E-state index contributed by atoms with van der Waals surface area (Å²) >= 11 is 11.6. The van der Waals surface area contributed by atoms with Gasteiger partial charge in [0.2, 0.25) is 0 Å². The van der Waals surface area contributed by atoms with Crippen LogP contribution in [0, 0.1) is 0 Å². The fourth-order valence-electron chi connectivity index (χ4n) is 1.35. The Labute approximate surface area is 125 Å². The van der Waals surface area contributed by atoms with E-state index in [2.05, 4.69) is 5.32 Å². The molecule has 1 aromatic carbocycles. The van der Waals surface area contributed by atoms with Crippen LogP contribution in [-0.2, 0) is 9.59 Å². The van der Waals surface area contributed by atoms with Gasteiger partial charge in [0, 0.05) is 24.1 Å². The number of hydrogen-bond donors (Lipinski definition) is 3. The van der Waals surface area contributed by atoms with Crippen molar-refractivity contribution in [3.8, 4) is 5.75 Å². The number of benzene rings is 1. The molecule has 0 radical (unpaired) electrons. The molecule has 1 rings (SSSR count). The summed E-state index contributed by atoms with van der Waals surface area (Å²) in [6, 6.07) is 3.37. The van der Waals surface area contributed by atoms with Crippen molar-refractivity contribution in [3.63, 3.8) is 0 Å². The van der Waals surface area contributed by atoms with Crippen molar-refractivity contribution in [1.82, 2.24) is 5.32 Å². The summed E-state index contributed by atoms with van der Waals surface area (Å²) in [5, 5.41) is 20.4. The molecule has 0 unspecified atom stereocenters. The minimum atomic E-state index is -1.23. The number of rotatable bonds is 7. The second kappa shape index (κ2) is 7.94. The van der Waals surface area contributed by atoms with Crippen LogP contribution in [0.4, 0.5) is 0 Å². The Morgan fingerprint density at radius 3 is 2.65 bits per heavy atom. The molecule has 0 aliphatic heterocycles. The average molecular weight is 322 g/mol. The van der Waals surface area contributed by atoms with Crippen LogP contribution in [-0.4, -0.2) is 41.3 Å². The summed E-state index contributed by atoms with van der Waals surface area (Å²) in [5.74, 6) is -1.64. The molecule has 0 aliphatic carbocycles. The number of carboxylic acids is 1. The van der Waals surface area contributed by atoms with Gasteiger partial charge in [0.25, 0.3) is 5.91 Å². The molecule has 0 heterocycles. The van der Waals surface area contributed by atoms with Gasteiger partial charge >= 0.3 is 5.97 Å². The molecular formula is C12H13Cl2NO5. The minimum absolute atomic E-state index is 0.0843. The van der Waals surface area contributed by atoms with E-state index >= 15 is 0 Å². The molecule has 0 aliphatic rings. The van der Waals surface area contributed by atoms with Crippen LogP contribution in [0.2, 0.25) is 10.0 Å². The zero-order valence-corrected chi connectivity index (χ0v) is 11.8. The normalized spacial score (nSPS) is 11.8. The second-order valence-electron chi connectivity index (χ2n) is 3.83. The lowest BCUT2D eigenvalue weighted by atomic mass is 10.2. The number of ether oxygens (including phenoxy) is 1. The number of carbonyl (C=O) groups excluding carboxylic acids is 1. The highest BCUT2D eigenvalue weighted by atomic mass is 35.5. The highest BCUT2D eigenvalue weighted by Crippen LogP contribution is 2.27. The highest BCUT2D eigenvalue weighted by molar-refractivity contribution is 6.34. The Balaban J connectivity index is 2.54. The van der Waals surface area contributed by atoms with E-state index in [4.69, 9.17) is 38.2 Å². The van der Waals surface area contributed by atoms with Crippen molar-refractivity contribution >= 4 is 35.1 Å². The van der Waals surface area contributed by atoms with Crippen LogP contribution in [0.1, 0.15) is 6.42 Å². The number of halogens is 2. The third-order valence-electron chi connectivity index (χ3n) is 2.30. The molecule has 8 heteroatoms. The van der Waals surface area contributed by atoms with E-state index in [0.29, 0.717) is 5.02 Å². The standard InChI is InChI=1S/C12H13Cl2NO5/c13-7-1-2-8(14)10(5-7)20-6-11(17)15-9(3-4-16)12(18)19/h1-2,5,9,16H,3-4,6H2,(H,15,17)(H,18,19)/t9-/m0/s1. The lowest BCUT2D eigenvalue weighted by Gasteiger charge is -2.14. The number of carbonyl (C=O) groups is 2. The molecule has 20 heavy (non-hydrogen) atoms. The molecule has 6 nitrogen and oxygen atoms in total.